The molecule has 0 bridgehead atoms. The molecule has 3 N–H and O–H groups in total. The molecule has 0 aromatic carbocycles. The predicted molar refractivity (Wildman–Crippen MR) is 240 cm³/mol. The number of quaternary nitrogens is 1. The normalized spacial score (nSPS) is 14.3. The molecule has 3 atom stereocenters. The first-order valence-electron chi connectivity index (χ1n) is 24.1. The van der Waals surface area contributed by atoms with Gasteiger partial charge in [0.2, 0.25) is 5.91 Å². The summed E-state index contributed by atoms with van der Waals surface area (Å²) in [7, 11) is 1.58. The van der Waals surface area contributed by atoms with Crippen molar-refractivity contribution in [2.75, 3.05) is 40.9 Å². The summed E-state index contributed by atoms with van der Waals surface area (Å²) in [5.74, 6) is -0.182. The van der Waals surface area contributed by atoms with Gasteiger partial charge in [-0.05, 0) is 19.3 Å². The number of nitrogens with one attached hydrogen (secondary N) is 1. The van der Waals surface area contributed by atoms with E-state index < -0.39 is 20.0 Å². The molecule has 0 rings (SSSR count). The summed E-state index contributed by atoms with van der Waals surface area (Å²) in [5.41, 5.74) is 0. The summed E-state index contributed by atoms with van der Waals surface area (Å²) >= 11 is 0. The van der Waals surface area contributed by atoms with E-state index in [4.69, 9.17) is 9.05 Å². The minimum atomic E-state index is -4.32. The van der Waals surface area contributed by atoms with E-state index in [2.05, 4.69) is 19.2 Å². The van der Waals surface area contributed by atoms with Gasteiger partial charge in [0, 0.05) is 6.42 Å². The smallest absolute Gasteiger partial charge is 0.387 e. The highest BCUT2D eigenvalue weighted by molar-refractivity contribution is 7.47. The van der Waals surface area contributed by atoms with Crippen LogP contribution in [0, 0.1) is 0 Å². The number of aliphatic hydroxyl groups is 1. The van der Waals surface area contributed by atoms with Gasteiger partial charge >= 0.3 is 7.82 Å². The van der Waals surface area contributed by atoms with Gasteiger partial charge in [-0.15, -0.1) is 0 Å². The number of unbranched alkanes of at least 4 members (excludes halogenated alkanes) is 31. The molecule has 0 saturated carbocycles. The maximum absolute atomic E-state index is 12.7. The molecule has 0 aliphatic heterocycles. The highest BCUT2D eigenvalue weighted by Gasteiger charge is 2.27. The van der Waals surface area contributed by atoms with Crippen LogP contribution in [0.15, 0.2) is 12.2 Å². The van der Waals surface area contributed by atoms with Gasteiger partial charge < -0.3 is 19.8 Å². The third kappa shape index (κ3) is 41.4. The molecule has 0 spiro atoms. The number of carbonyl (C=O) groups excluding carboxylic acids is 1. The lowest BCUT2D eigenvalue weighted by molar-refractivity contribution is -0.870. The molecule has 0 radical (unpaired) electrons. The van der Waals surface area contributed by atoms with Gasteiger partial charge in [-0.25, -0.2) is 4.57 Å². The Balaban J connectivity index is 4.05. The number of phosphoric acid groups is 1. The van der Waals surface area contributed by atoms with Crippen LogP contribution in [0.5, 0.6) is 0 Å². The van der Waals surface area contributed by atoms with E-state index in [9.17, 15) is 19.4 Å². The van der Waals surface area contributed by atoms with Gasteiger partial charge in [0.25, 0.3) is 0 Å². The van der Waals surface area contributed by atoms with Gasteiger partial charge in [-0.2, -0.15) is 0 Å². The van der Waals surface area contributed by atoms with Crippen LogP contribution in [-0.4, -0.2) is 73.4 Å². The summed E-state index contributed by atoms with van der Waals surface area (Å²) in [6.45, 7) is 4.78. The molecule has 1 amide bonds. The number of nitrogens with zero attached hydrogens (tertiary/aromatic N) is 1. The molecule has 0 aromatic heterocycles. The van der Waals surface area contributed by atoms with Gasteiger partial charge in [0.1, 0.15) is 13.2 Å². The van der Waals surface area contributed by atoms with E-state index in [-0.39, 0.29) is 19.1 Å². The monoisotopic (exact) mass is 816 g/mol. The summed E-state index contributed by atoms with van der Waals surface area (Å²) in [6, 6.07) is -0.838. The second-order valence-electron chi connectivity index (χ2n) is 17.8. The molecular weight excluding hydrogens is 719 g/mol. The second-order valence-corrected chi connectivity index (χ2v) is 19.3. The minimum absolute atomic E-state index is 0.0641. The van der Waals surface area contributed by atoms with Crippen LogP contribution in [0.3, 0.4) is 0 Å². The lowest BCUT2D eigenvalue weighted by Crippen LogP contribution is -2.45. The Morgan fingerprint density at radius 2 is 0.946 bits per heavy atom. The van der Waals surface area contributed by atoms with Gasteiger partial charge in [-0.3, -0.25) is 13.8 Å². The Morgan fingerprint density at radius 1 is 0.589 bits per heavy atom. The molecular formula is C47H96N2O6P+. The number of hydrogen-bond acceptors (Lipinski definition) is 5. The lowest BCUT2D eigenvalue weighted by atomic mass is 10.0. The number of phosphoric ester groups is 1. The summed E-state index contributed by atoms with van der Waals surface area (Å²) in [6.07, 6.45) is 46.1. The standard InChI is InChI=1S/C47H95N2O6P/c1-6-8-10-12-14-15-16-17-18-19-20-21-22-23-24-25-26-27-28-29-30-31-32-33-35-36-38-40-46(50)45(44-55-56(52,53)54-43-42-49(3,4)5)48-47(51)41-39-37-34-13-11-9-7-2/h38,40,45-46,50H,6-37,39,41-44H2,1-5H3,(H-,48,51,52,53)/p+1/b40-38+. The number of likely N-dealkylation sites (N-methyl/N-ethyl adjacent to an activating group) is 1. The van der Waals surface area contributed by atoms with Crippen molar-refractivity contribution in [1.82, 2.24) is 5.32 Å². The van der Waals surface area contributed by atoms with E-state index in [1.165, 1.54) is 180 Å². The molecule has 0 aromatic rings. The van der Waals surface area contributed by atoms with Crippen LogP contribution >= 0.6 is 7.82 Å². The van der Waals surface area contributed by atoms with E-state index in [1.807, 2.05) is 27.2 Å². The number of amides is 1. The molecule has 3 unspecified atom stereocenters. The third-order valence-corrected chi connectivity index (χ3v) is 12.0. The van der Waals surface area contributed by atoms with Crippen LogP contribution in [0.2, 0.25) is 0 Å². The van der Waals surface area contributed by atoms with E-state index in [0.717, 1.165) is 32.1 Å². The zero-order chi connectivity index (χ0) is 41.4. The van der Waals surface area contributed by atoms with Crippen molar-refractivity contribution in [2.45, 2.75) is 244 Å². The quantitative estimate of drug-likeness (QED) is 0.0245. The van der Waals surface area contributed by atoms with Crippen LogP contribution in [0.25, 0.3) is 0 Å². The Labute approximate surface area is 348 Å². The Hall–Kier alpha value is -0.760. The van der Waals surface area contributed by atoms with Gasteiger partial charge in [-0.1, -0.05) is 219 Å². The lowest BCUT2D eigenvalue weighted by Gasteiger charge is -2.25. The fourth-order valence-corrected chi connectivity index (χ4v) is 7.90. The topological polar surface area (TPSA) is 105 Å². The molecule has 9 heteroatoms. The highest BCUT2D eigenvalue weighted by Crippen LogP contribution is 2.43. The number of allylic oxidation sites excluding steroid dienone is 1. The highest BCUT2D eigenvalue weighted by atomic mass is 31.2. The van der Waals surface area contributed by atoms with Crippen molar-refractivity contribution in [1.29, 1.82) is 0 Å². The first-order valence-corrected chi connectivity index (χ1v) is 25.6. The summed E-state index contributed by atoms with van der Waals surface area (Å²) in [4.78, 5) is 22.9. The second kappa shape index (κ2) is 39.7. The largest absolute Gasteiger partial charge is 0.472 e. The van der Waals surface area contributed by atoms with Gasteiger partial charge in [0.15, 0.2) is 0 Å². The predicted octanol–water partition coefficient (Wildman–Crippen LogP) is 13.5. The fraction of sp³-hybridized carbons (Fsp3) is 0.936. The molecule has 0 aliphatic carbocycles. The van der Waals surface area contributed by atoms with Crippen molar-refractivity contribution in [3.63, 3.8) is 0 Å². The minimum Gasteiger partial charge on any atom is -0.387 e. The van der Waals surface area contributed by atoms with Crippen molar-refractivity contribution >= 4 is 13.7 Å². The third-order valence-electron chi connectivity index (χ3n) is 11.0. The average Bonchev–Trinajstić information content (AvgIpc) is 3.15. The fourth-order valence-electron chi connectivity index (χ4n) is 7.16. The molecule has 0 fully saturated rings. The molecule has 0 heterocycles. The van der Waals surface area contributed by atoms with Crippen LogP contribution in [0.1, 0.15) is 232 Å². The first-order chi connectivity index (χ1) is 27.0. The SMILES string of the molecule is CCCCCCCCCCCCCCCCCCCCCCCCCCC/C=C/C(O)C(COP(=O)(O)OCC[N+](C)(C)C)NC(=O)CCCCCCCCC. The molecule has 8 nitrogen and oxygen atoms in total. The van der Waals surface area contributed by atoms with Crippen LogP contribution < -0.4 is 5.32 Å². The van der Waals surface area contributed by atoms with E-state index in [0.29, 0.717) is 17.4 Å². The Kier molecular flexibility index (Phi) is 39.1. The van der Waals surface area contributed by atoms with Crippen molar-refractivity contribution in [3.05, 3.63) is 12.2 Å². The number of hydrogen-bond donors (Lipinski definition) is 3. The number of aliphatic hydroxyl groups excluding tert-OH is 1. The van der Waals surface area contributed by atoms with E-state index in [1.54, 1.807) is 6.08 Å². The maximum Gasteiger partial charge on any atom is 0.472 e. The zero-order valence-electron chi connectivity index (χ0n) is 37.9. The maximum atomic E-state index is 12.7. The van der Waals surface area contributed by atoms with Gasteiger partial charge in [0.05, 0.1) is 39.9 Å². The summed E-state index contributed by atoms with van der Waals surface area (Å²) < 4.78 is 23.5. The van der Waals surface area contributed by atoms with Crippen molar-refractivity contribution in [2.24, 2.45) is 0 Å². The molecule has 56 heavy (non-hydrogen) atoms. The Morgan fingerprint density at radius 3 is 1.32 bits per heavy atom. The van der Waals surface area contributed by atoms with Crippen molar-refractivity contribution in [3.8, 4) is 0 Å². The summed E-state index contributed by atoms with van der Waals surface area (Å²) in [5, 5.41) is 13.8. The Bertz CT molecular complexity index is 927. The van der Waals surface area contributed by atoms with E-state index >= 15 is 0 Å². The first kappa shape index (κ1) is 55.2. The average molecular weight is 816 g/mol. The molecule has 334 valence electrons. The molecule has 0 aliphatic rings. The van der Waals surface area contributed by atoms with Crippen LogP contribution in [0.4, 0.5) is 0 Å². The number of carbonyl (C=O) groups is 1. The van der Waals surface area contributed by atoms with Crippen LogP contribution in [-0.2, 0) is 18.4 Å². The molecule has 0 saturated heterocycles. The number of rotatable bonds is 44. The van der Waals surface area contributed by atoms with Crippen molar-refractivity contribution < 1.29 is 32.9 Å². The zero-order valence-corrected chi connectivity index (χ0v) is 38.8.